The number of carbonyl (C=O) groups is 2. The summed E-state index contributed by atoms with van der Waals surface area (Å²) in [6.07, 6.45) is 5.47. The molecule has 3 aliphatic heterocycles. The van der Waals surface area contributed by atoms with E-state index in [2.05, 4.69) is 10.4 Å². The van der Waals surface area contributed by atoms with Crippen LogP contribution in [-0.4, -0.2) is 64.4 Å². The lowest BCUT2D eigenvalue weighted by molar-refractivity contribution is -0.158. The average Bonchev–Trinajstić information content (AvgIpc) is 3.42. The van der Waals surface area contributed by atoms with Gasteiger partial charge in [-0.05, 0) is 56.2 Å². The first-order valence-electron chi connectivity index (χ1n) is 11.0. The number of hydrogen-bond acceptors (Lipinski definition) is 4. The molecule has 3 heterocycles. The highest BCUT2D eigenvalue weighted by Crippen LogP contribution is 2.39. The molecular weight excluding hydrogens is 371 g/mol. The van der Waals surface area contributed by atoms with Gasteiger partial charge < -0.3 is 9.80 Å². The van der Waals surface area contributed by atoms with Gasteiger partial charge in [0, 0.05) is 44.2 Å². The highest BCUT2D eigenvalue weighted by molar-refractivity contribution is 5.84. The van der Waals surface area contributed by atoms with Crippen LogP contribution in [0.1, 0.15) is 44.1 Å². The number of rotatable bonds is 3. The quantitative estimate of drug-likeness (QED) is 0.842. The van der Waals surface area contributed by atoms with Crippen molar-refractivity contribution in [1.82, 2.24) is 20.2 Å². The molecule has 1 aromatic rings. The van der Waals surface area contributed by atoms with E-state index in [1.165, 1.54) is 12.1 Å². The Morgan fingerprint density at radius 3 is 2.76 bits per heavy atom. The van der Waals surface area contributed by atoms with Gasteiger partial charge in [-0.3, -0.25) is 15.0 Å². The molecule has 2 amide bonds. The van der Waals surface area contributed by atoms with Crippen molar-refractivity contribution in [1.29, 1.82) is 0 Å². The van der Waals surface area contributed by atoms with Gasteiger partial charge in [0.2, 0.25) is 11.8 Å². The second-order valence-corrected chi connectivity index (χ2v) is 8.89. The summed E-state index contributed by atoms with van der Waals surface area (Å²) in [5.41, 5.74) is 4.22. The topological polar surface area (TPSA) is 55.9 Å². The molecule has 156 valence electrons. The molecule has 1 aliphatic carbocycles. The Labute approximate surface area is 171 Å². The van der Waals surface area contributed by atoms with E-state index in [1.54, 1.807) is 6.07 Å². The monoisotopic (exact) mass is 400 g/mol. The third kappa shape index (κ3) is 3.44. The number of fused-ring (bicyclic) bond motifs is 3. The van der Waals surface area contributed by atoms with E-state index in [4.69, 9.17) is 0 Å². The average molecular weight is 400 g/mol. The number of halogens is 1. The van der Waals surface area contributed by atoms with E-state index in [-0.39, 0.29) is 41.7 Å². The van der Waals surface area contributed by atoms with Gasteiger partial charge in [-0.25, -0.2) is 9.40 Å². The zero-order valence-electron chi connectivity index (χ0n) is 16.7. The zero-order valence-corrected chi connectivity index (χ0v) is 16.7. The highest BCUT2D eigenvalue weighted by atomic mass is 19.1. The summed E-state index contributed by atoms with van der Waals surface area (Å²) in [6, 6.07) is 6.57. The lowest BCUT2D eigenvalue weighted by Crippen LogP contribution is -2.68. The first-order valence-corrected chi connectivity index (χ1v) is 11.0. The molecule has 29 heavy (non-hydrogen) atoms. The third-order valence-electron chi connectivity index (χ3n) is 7.16. The van der Waals surface area contributed by atoms with E-state index < -0.39 is 0 Å². The molecule has 7 heteroatoms. The van der Waals surface area contributed by atoms with Gasteiger partial charge in [-0.1, -0.05) is 12.1 Å². The molecule has 3 saturated heterocycles. The molecule has 4 unspecified atom stereocenters. The first kappa shape index (κ1) is 19.0. The van der Waals surface area contributed by atoms with Crippen LogP contribution in [0.25, 0.3) is 0 Å². The number of hydrogen-bond donors (Lipinski definition) is 1. The fourth-order valence-corrected chi connectivity index (χ4v) is 5.76. The van der Waals surface area contributed by atoms with Crippen LogP contribution in [0.3, 0.4) is 0 Å². The van der Waals surface area contributed by atoms with Crippen LogP contribution in [0.15, 0.2) is 24.3 Å². The van der Waals surface area contributed by atoms with E-state index in [1.807, 2.05) is 15.9 Å². The standard InChI is InChI=1S/C22H29FN4O2/c23-17-5-3-4-15(12-17)14-26-20-13-16(21(28)25-10-1-2-11-25)6-7-18(20)27-19(22(26)29)8-9-24-27/h3-5,12,16,18-20,24H,1-2,6-11,13-14H2. The summed E-state index contributed by atoms with van der Waals surface area (Å²) < 4.78 is 13.7. The van der Waals surface area contributed by atoms with Crippen LogP contribution in [0, 0.1) is 11.7 Å². The van der Waals surface area contributed by atoms with E-state index in [9.17, 15) is 14.0 Å². The van der Waals surface area contributed by atoms with Gasteiger partial charge in [-0.15, -0.1) is 0 Å². The summed E-state index contributed by atoms with van der Waals surface area (Å²) in [7, 11) is 0. The molecule has 1 N–H and O–H groups in total. The number of piperazine rings is 1. The number of nitrogens with one attached hydrogen (secondary N) is 1. The Hall–Kier alpha value is -1.99. The zero-order chi connectivity index (χ0) is 20.0. The Kier molecular flexibility index (Phi) is 5.04. The molecule has 0 spiro atoms. The van der Waals surface area contributed by atoms with Crippen LogP contribution in [-0.2, 0) is 16.1 Å². The van der Waals surface area contributed by atoms with Crippen molar-refractivity contribution in [3.8, 4) is 0 Å². The summed E-state index contributed by atoms with van der Waals surface area (Å²) in [6.45, 7) is 2.95. The fraction of sp³-hybridized carbons (Fsp3) is 0.636. The maximum atomic E-state index is 13.7. The predicted octanol–water partition coefficient (Wildman–Crippen LogP) is 1.91. The predicted molar refractivity (Wildman–Crippen MR) is 106 cm³/mol. The maximum Gasteiger partial charge on any atom is 0.242 e. The Balaban J connectivity index is 1.40. The second-order valence-electron chi connectivity index (χ2n) is 8.89. The number of benzene rings is 1. The molecule has 0 aromatic heterocycles. The number of hydrazine groups is 1. The number of nitrogens with zero attached hydrogens (tertiary/aromatic N) is 3. The lowest BCUT2D eigenvalue weighted by atomic mass is 9.78. The molecule has 0 radical (unpaired) electrons. The minimum Gasteiger partial charge on any atom is -0.342 e. The summed E-state index contributed by atoms with van der Waals surface area (Å²) in [5.74, 6) is 0.0695. The molecule has 4 atom stereocenters. The minimum atomic E-state index is -0.279. The molecule has 4 fully saturated rings. The normalized spacial score (nSPS) is 32.4. The van der Waals surface area contributed by atoms with Crippen molar-refractivity contribution in [3.63, 3.8) is 0 Å². The van der Waals surface area contributed by atoms with E-state index >= 15 is 0 Å². The van der Waals surface area contributed by atoms with Crippen molar-refractivity contribution in [2.45, 2.75) is 63.2 Å². The summed E-state index contributed by atoms with van der Waals surface area (Å²) >= 11 is 0. The number of likely N-dealkylation sites (tertiary alicyclic amines) is 1. The van der Waals surface area contributed by atoms with Crippen molar-refractivity contribution in [2.75, 3.05) is 19.6 Å². The van der Waals surface area contributed by atoms with Crippen molar-refractivity contribution < 1.29 is 14.0 Å². The Morgan fingerprint density at radius 1 is 1.14 bits per heavy atom. The largest absolute Gasteiger partial charge is 0.342 e. The molecule has 1 saturated carbocycles. The van der Waals surface area contributed by atoms with Crippen LogP contribution in [0.5, 0.6) is 0 Å². The SMILES string of the molecule is O=C(C1CCC2C(C1)N(Cc1cccc(F)c1)C(=O)C1CCNN12)N1CCCC1. The highest BCUT2D eigenvalue weighted by Gasteiger charge is 2.51. The Bertz CT molecular complexity index is 797. The van der Waals surface area contributed by atoms with Gasteiger partial charge in [0.1, 0.15) is 11.9 Å². The van der Waals surface area contributed by atoms with Crippen LogP contribution < -0.4 is 5.43 Å². The lowest BCUT2D eigenvalue weighted by Gasteiger charge is -2.52. The third-order valence-corrected chi connectivity index (χ3v) is 7.16. The Morgan fingerprint density at radius 2 is 1.97 bits per heavy atom. The van der Waals surface area contributed by atoms with Crippen molar-refractivity contribution >= 4 is 11.8 Å². The second kappa shape index (κ2) is 7.69. The van der Waals surface area contributed by atoms with Crippen LogP contribution in [0.4, 0.5) is 4.39 Å². The number of carbonyl (C=O) groups excluding carboxylic acids is 2. The molecular formula is C22H29FN4O2. The van der Waals surface area contributed by atoms with E-state index in [0.717, 1.165) is 57.3 Å². The minimum absolute atomic E-state index is 0.0158. The van der Waals surface area contributed by atoms with Gasteiger partial charge in [-0.2, -0.15) is 0 Å². The smallest absolute Gasteiger partial charge is 0.242 e. The summed E-state index contributed by atoms with van der Waals surface area (Å²) in [4.78, 5) is 30.3. The molecule has 0 bridgehead atoms. The van der Waals surface area contributed by atoms with Crippen LogP contribution >= 0.6 is 0 Å². The van der Waals surface area contributed by atoms with Crippen molar-refractivity contribution in [2.24, 2.45) is 5.92 Å². The summed E-state index contributed by atoms with van der Waals surface area (Å²) in [5, 5.41) is 2.16. The molecule has 5 rings (SSSR count). The molecule has 4 aliphatic rings. The van der Waals surface area contributed by atoms with Gasteiger partial charge in [0.05, 0.1) is 0 Å². The molecule has 6 nitrogen and oxygen atoms in total. The molecule has 1 aromatic carbocycles. The first-order chi connectivity index (χ1) is 14.1. The fourth-order valence-electron chi connectivity index (χ4n) is 5.76. The maximum absolute atomic E-state index is 13.7. The van der Waals surface area contributed by atoms with Gasteiger partial charge >= 0.3 is 0 Å². The number of amides is 2. The van der Waals surface area contributed by atoms with Crippen LogP contribution in [0.2, 0.25) is 0 Å². The van der Waals surface area contributed by atoms with Crippen molar-refractivity contribution in [3.05, 3.63) is 35.6 Å². The van der Waals surface area contributed by atoms with E-state index in [0.29, 0.717) is 13.0 Å². The van der Waals surface area contributed by atoms with Gasteiger partial charge in [0.15, 0.2) is 0 Å². The van der Waals surface area contributed by atoms with Gasteiger partial charge in [0.25, 0.3) is 0 Å².